The summed E-state index contributed by atoms with van der Waals surface area (Å²) in [5.41, 5.74) is -0.0139. The molecule has 0 aromatic rings. The van der Waals surface area contributed by atoms with Crippen molar-refractivity contribution in [3.05, 3.63) is 0 Å². The quantitative estimate of drug-likeness (QED) is 0.572. The number of rotatable bonds is 1. The molecular formula is C7H16FN. The van der Waals surface area contributed by atoms with Crippen LogP contribution >= 0.6 is 0 Å². The van der Waals surface area contributed by atoms with Crippen molar-refractivity contribution in [2.24, 2.45) is 5.41 Å². The van der Waals surface area contributed by atoms with E-state index in [0.29, 0.717) is 0 Å². The zero-order chi connectivity index (χ0) is 7.33. The highest BCUT2D eigenvalue weighted by Gasteiger charge is 2.30. The SMILES string of the molecule is CC.CC1(CF)CNC1. The Labute approximate surface area is 56.6 Å². The highest BCUT2D eigenvalue weighted by atomic mass is 19.1. The third kappa shape index (κ3) is 2.31. The van der Waals surface area contributed by atoms with Crippen LogP contribution in [-0.2, 0) is 0 Å². The minimum atomic E-state index is -0.181. The van der Waals surface area contributed by atoms with Crippen molar-refractivity contribution in [2.75, 3.05) is 19.8 Å². The second-order valence-electron chi connectivity index (χ2n) is 2.55. The lowest BCUT2D eigenvalue weighted by molar-refractivity contribution is 0.144. The third-order valence-electron chi connectivity index (χ3n) is 1.43. The van der Waals surface area contributed by atoms with Crippen LogP contribution in [0, 0.1) is 5.41 Å². The van der Waals surface area contributed by atoms with Gasteiger partial charge in [-0.1, -0.05) is 20.8 Å². The molecule has 0 unspecified atom stereocenters. The molecule has 1 N–H and O–H groups in total. The maximum absolute atomic E-state index is 11.8. The molecule has 0 atom stereocenters. The minimum Gasteiger partial charge on any atom is -0.315 e. The highest BCUT2D eigenvalue weighted by Crippen LogP contribution is 2.20. The lowest BCUT2D eigenvalue weighted by atomic mass is 9.86. The third-order valence-corrected chi connectivity index (χ3v) is 1.43. The molecule has 0 aromatic heterocycles. The summed E-state index contributed by atoms with van der Waals surface area (Å²) in [5, 5.41) is 3.01. The Morgan fingerprint density at radius 2 is 1.89 bits per heavy atom. The first kappa shape index (κ1) is 8.89. The van der Waals surface area contributed by atoms with Gasteiger partial charge in [0.25, 0.3) is 0 Å². The number of halogens is 1. The molecule has 0 saturated carbocycles. The molecule has 1 aliphatic heterocycles. The van der Waals surface area contributed by atoms with Crippen LogP contribution in [0.4, 0.5) is 4.39 Å². The summed E-state index contributed by atoms with van der Waals surface area (Å²) in [6, 6.07) is 0. The van der Waals surface area contributed by atoms with E-state index in [-0.39, 0.29) is 12.1 Å². The van der Waals surface area contributed by atoms with E-state index in [1.54, 1.807) is 0 Å². The molecule has 1 rings (SSSR count). The average Bonchev–Trinajstić information content (AvgIpc) is 1.88. The Bertz CT molecular complexity index is 63.8. The lowest BCUT2D eigenvalue weighted by Gasteiger charge is -2.36. The van der Waals surface area contributed by atoms with Crippen molar-refractivity contribution < 1.29 is 4.39 Å². The Morgan fingerprint density at radius 1 is 1.44 bits per heavy atom. The maximum Gasteiger partial charge on any atom is 0.0972 e. The van der Waals surface area contributed by atoms with Crippen molar-refractivity contribution >= 4 is 0 Å². The summed E-state index contributed by atoms with van der Waals surface area (Å²) in [5.74, 6) is 0. The first-order valence-corrected chi connectivity index (χ1v) is 3.54. The molecule has 0 spiro atoms. The average molecular weight is 133 g/mol. The predicted molar refractivity (Wildman–Crippen MR) is 38.3 cm³/mol. The molecule has 1 saturated heterocycles. The molecule has 9 heavy (non-hydrogen) atoms. The number of alkyl halides is 1. The molecular weight excluding hydrogens is 117 g/mol. The van der Waals surface area contributed by atoms with E-state index >= 15 is 0 Å². The van der Waals surface area contributed by atoms with E-state index in [9.17, 15) is 4.39 Å². The largest absolute Gasteiger partial charge is 0.315 e. The number of hydrogen-bond donors (Lipinski definition) is 1. The van der Waals surface area contributed by atoms with Gasteiger partial charge in [0.15, 0.2) is 0 Å². The number of nitrogens with one attached hydrogen (secondary N) is 1. The Morgan fingerprint density at radius 3 is 1.89 bits per heavy atom. The van der Waals surface area contributed by atoms with Crippen LogP contribution in [0.5, 0.6) is 0 Å². The molecule has 0 aliphatic carbocycles. The van der Waals surface area contributed by atoms with Gasteiger partial charge in [-0.15, -0.1) is 0 Å². The van der Waals surface area contributed by atoms with Crippen molar-refractivity contribution in [2.45, 2.75) is 20.8 Å². The Balaban J connectivity index is 0.000000291. The molecule has 0 aromatic carbocycles. The lowest BCUT2D eigenvalue weighted by Crippen LogP contribution is -2.52. The second-order valence-corrected chi connectivity index (χ2v) is 2.55. The molecule has 1 heterocycles. The smallest absolute Gasteiger partial charge is 0.0972 e. The summed E-state index contributed by atoms with van der Waals surface area (Å²) in [6.07, 6.45) is 0. The summed E-state index contributed by atoms with van der Waals surface area (Å²) in [6.45, 7) is 7.47. The summed E-state index contributed by atoms with van der Waals surface area (Å²) < 4.78 is 11.8. The predicted octanol–water partition coefficient (Wildman–Crippen LogP) is 1.59. The van der Waals surface area contributed by atoms with Crippen molar-refractivity contribution in [1.82, 2.24) is 5.32 Å². The van der Waals surface area contributed by atoms with E-state index in [1.165, 1.54) is 0 Å². The van der Waals surface area contributed by atoms with E-state index < -0.39 is 0 Å². The standard InChI is InChI=1S/C5H10FN.C2H6/c1-5(2-6)3-7-4-5;1-2/h7H,2-4H2,1H3;1-2H3. The molecule has 2 heteroatoms. The molecule has 56 valence electrons. The van der Waals surface area contributed by atoms with Crippen molar-refractivity contribution in [3.63, 3.8) is 0 Å². The van der Waals surface area contributed by atoms with Crippen LogP contribution < -0.4 is 5.32 Å². The maximum atomic E-state index is 11.8. The van der Waals surface area contributed by atoms with Crippen LogP contribution in [0.25, 0.3) is 0 Å². The fourth-order valence-corrected chi connectivity index (χ4v) is 0.646. The fraction of sp³-hybridized carbons (Fsp3) is 1.00. The molecule has 0 amide bonds. The van der Waals surface area contributed by atoms with Gasteiger partial charge in [-0.3, -0.25) is 4.39 Å². The monoisotopic (exact) mass is 133 g/mol. The van der Waals surface area contributed by atoms with Crippen LogP contribution in [0.1, 0.15) is 20.8 Å². The highest BCUT2D eigenvalue weighted by molar-refractivity contribution is 4.87. The van der Waals surface area contributed by atoms with Crippen LogP contribution in [0.3, 0.4) is 0 Å². The van der Waals surface area contributed by atoms with Crippen LogP contribution in [0.2, 0.25) is 0 Å². The van der Waals surface area contributed by atoms with Gasteiger partial charge >= 0.3 is 0 Å². The summed E-state index contributed by atoms with van der Waals surface area (Å²) >= 11 is 0. The molecule has 1 aliphatic rings. The topological polar surface area (TPSA) is 12.0 Å². The van der Waals surface area contributed by atoms with Crippen LogP contribution in [-0.4, -0.2) is 19.8 Å². The zero-order valence-corrected chi connectivity index (χ0v) is 6.50. The van der Waals surface area contributed by atoms with Gasteiger partial charge in [0.1, 0.15) is 0 Å². The van der Waals surface area contributed by atoms with Gasteiger partial charge in [-0.25, -0.2) is 0 Å². The summed E-state index contributed by atoms with van der Waals surface area (Å²) in [4.78, 5) is 0. The van der Waals surface area contributed by atoms with Gasteiger partial charge in [0.2, 0.25) is 0 Å². The Kier molecular flexibility index (Phi) is 3.78. The number of hydrogen-bond acceptors (Lipinski definition) is 1. The van der Waals surface area contributed by atoms with Crippen molar-refractivity contribution in [3.8, 4) is 0 Å². The zero-order valence-electron chi connectivity index (χ0n) is 6.50. The summed E-state index contributed by atoms with van der Waals surface area (Å²) in [7, 11) is 0. The first-order chi connectivity index (χ1) is 4.27. The van der Waals surface area contributed by atoms with E-state index in [2.05, 4.69) is 5.32 Å². The van der Waals surface area contributed by atoms with Gasteiger partial charge in [-0.2, -0.15) is 0 Å². The molecule has 1 nitrogen and oxygen atoms in total. The first-order valence-electron chi connectivity index (χ1n) is 3.54. The normalized spacial score (nSPS) is 21.3. The van der Waals surface area contributed by atoms with Gasteiger partial charge < -0.3 is 5.32 Å². The Hall–Kier alpha value is -0.110. The van der Waals surface area contributed by atoms with E-state index in [0.717, 1.165) is 13.1 Å². The van der Waals surface area contributed by atoms with E-state index in [1.807, 2.05) is 20.8 Å². The second kappa shape index (κ2) is 3.83. The van der Waals surface area contributed by atoms with Crippen molar-refractivity contribution in [1.29, 1.82) is 0 Å². The molecule has 1 fully saturated rings. The molecule has 0 radical (unpaired) electrons. The van der Waals surface area contributed by atoms with Crippen LogP contribution in [0.15, 0.2) is 0 Å². The fourth-order valence-electron chi connectivity index (χ4n) is 0.646. The van der Waals surface area contributed by atoms with E-state index in [4.69, 9.17) is 0 Å². The minimum absolute atomic E-state index is 0.0139. The van der Waals surface area contributed by atoms with Gasteiger partial charge in [0, 0.05) is 18.5 Å². The molecule has 0 bridgehead atoms. The van der Waals surface area contributed by atoms with Gasteiger partial charge in [-0.05, 0) is 0 Å². The van der Waals surface area contributed by atoms with Gasteiger partial charge in [0.05, 0.1) is 6.67 Å².